The number of urea groups is 1. The molecule has 18 heavy (non-hydrogen) atoms. The zero-order valence-corrected chi connectivity index (χ0v) is 12.5. The smallest absolute Gasteiger partial charge is 0.316 e. The monoisotopic (exact) mass is 257 g/mol. The minimum atomic E-state index is -0.155. The van der Waals surface area contributed by atoms with Crippen LogP contribution >= 0.6 is 0 Å². The van der Waals surface area contributed by atoms with Crippen LogP contribution in [0.4, 0.5) is 4.79 Å². The number of ether oxygens (including phenoxy) is 1. The van der Waals surface area contributed by atoms with Gasteiger partial charge in [-0.3, -0.25) is 4.90 Å². The van der Waals surface area contributed by atoms with E-state index in [9.17, 15) is 4.79 Å². The van der Waals surface area contributed by atoms with E-state index in [1.807, 2.05) is 0 Å². The predicted molar refractivity (Wildman–Crippen MR) is 72.5 cm³/mol. The number of nitrogens with one attached hydrogen (secondary N) is 2. The van der Waals surface area contributed by atoms with Crippen molar-refractivity contribution in [3.63, 3.8) is 0 Å². The van der Waals surface area contributed by atoms with Gasteiger partial charge in [0.2, 0.25) is 0 Å². The van der Waals surface area contributed by atoms with Gasteiger partial charge in [0.1, 0.15) is 6.73 Å². The summed E-state index contributed by atoms with van der Waals surface area (Å²) >= 11 is 0. The van der Waals surface area contributed by atoms with E-state index < -0.39 is 0 Å². The van der Waals surface area contributed by atoms with Crippen molar-refractivity contribution in [2.24, 2.45) is 0 Å². The maximum atomic E-state index is 11.7. The molecule has 1 fully saturated rings. The number of carbonyl (C=O) groups is 1. The summed E-state index contributed by atoms with van der Waals surface area (Å²) in [4.78, 5) is 14.1. The quantitative estimate of drug-likeness (QED) is 0.754. The summed E-state index contributed by atoms with van der Waals surface area (Å²) in [6.07, 6.45) is 1.90. The molecule has 1 heterocycles. The molecule has 0 aromatic carbocycles. The highest BCUT2D eigenvalue weighted by molar-refractivity contribution is 5.74. The Labute approximate surface area is 110 Å². The molecule has 0 atom stereocenters. The van der Waals surface area contributed by atoms with Crippen LogP contribution in [-0.2, 0) is 4.74 Å². The molecule has 0 saturated carbocycles. The number of likely N-dealkylation sites (tertiary alicyclic amines) is 1. The fourth-order valence-electron chi connectivity index (χ4n) is 2.85. The van der Waals surface area contributed by atoms with Crippen molar-refractivity contribution < 1.29 is 9.53 Å². The van der Waals surface area contributed by atoms with E-state index in [0.717, 1.165) is 12.8 Å². The van der Waals surface area contributed by atoms with E-state index in [0.29, 0.717) is 0 Å². The first kappa shape index (κ1) is 15.2. The molecule has 1 saturated heterocycles. The van der Waals surface area contributed by atoms with E-state index in [-0.39, 0.29) is 29.9 Å². The lowest BCUT2D eigenvalue weighted by Crippen LogP contribution is -2.63. The van der Waals surface area contributed by atoms with Crippen molar-refractivity contribution in [1.82, 2.24) is 15.5 Å². The van der Waals surface area contributed by atoms with Crippen LogP contribution < -0.4 is 10.6 Å². The molecular formula is C13H27N3O2. The molecule has 0 radical (unpaired) electrons. The average Bonchev–Trinajstić information content (AvgIpc) is 2.22. The summed E-state index contributed by atoms with van der Waals surface area (Å²) < 4.78 is 4.82. The molecule has 1 aliphatic rings. The number of hydrogen-bond donors (Lipinski definition) is 2. The van der Waals surface area contributed by atoms with E-state index in [4.69, 9.17) is 4.74 Å². The number of rotatable bonds is 3. The van der Waals surface area contributed by atoms with E-state index in [1.165, 1.54) is 0 Å². The molecular weight excluding hydrogens is 230 g/mol. The number of amides is 2. The van der Waals surface area contributed by atoms with Crippen molar-refractivity contribution >= 4 is 6.03 Å². The first-order valence-corrected chi connectivity index (χ1v) is 6.46. The van der Waals surface area contributed by atoms with Gasteiger partial charge in [0.05, 0.1) is 0 Å². The van der Waals surface area contributed by atoms with Gasteiger partial charge < -0.3 is 15.4 Å². The van der Waals surface area contributed by atoms with E-state index in [1.54, 1.807) is 7.11 Å². The maximum Gasteiger partial charge on any atom is 0.316 e. The summed E-state index contributed by atoms with van der Waals surface area (Å²) in [7, 11) is 3.71. The van der Waals surface area contributed by atoms with Gasteiger partial charge in [0.15, 0.2) is 0 Å². The molecule has 1 aliphatic heterocycles. The van der Waals surface area contributed by atoms with Crippen LogP contribution in [0.5, 0.6) is 0 Å². The molecule has 106 valence electrons. The third-order valence-corrected chi connectivity index (χ3v) is 4.02. The van der Waals surface area contributed by atoms with Crippen LogP contribution in [0.15, 0.2) is 0 Å². The highest BCUT2D eigenvalue weighted by Gasteiger charge is 2.43. The topological polar surface area (TPSA) is 53.6 Å². The molecule has 0 bridgehead atoms. The Morgan fingerprint density at radius 1 is 1.28 bits per heavy atom. The van der Waals surface area contributed by atoms with Crippen LogP contribution in [0.1, 0.15) is 40.5 Å². The highest BCUT2D eigenvalue weighted by atomic mass is 16.5. The minimum Gasteiger partial charge on any atom is -0.364 e. The van der Waals surface area contributed by atoms with Gasteiger partial charge in [0, 0.05) is 24.2 Å². The largest absolute Gasteiger partial charge is 0.364 e. The van der Waals surface area contributed by atoms with Gasteiger partial charge in [-0.1, -0.05) is 0 Å². The molecule has 2 N–H and O–H groups in total. The lowest BCUT2D eigenvalue weighted by molar-refractivity contribution is -0.0159. The van der Waals surface area contributed by atoms with Crippen molar-refractivity contribution in [3.05, 3.63) is 0 Å². The number of hydrogen-bond acceptors (Lipinski definition) is 3. The standard InChI is InChI=1S/C13H27N3O2/c1-12(2)7-10(8-13(3,4)16(12)5)15-11(17)14-9-18-6/h10H,7-9H2,1-6H3,(H2,14,15,17). The summed E-state index contributed by atoms with van der Waals surface area (Å²) in [5.74, 6) is 0. The number of nitrogens with zero attached hydrogens (tertiary/aromatic N) is 1. The molecule has 0 aromatic heterocycles. The Morgan fingerprint density at radius 2 is 1.78 bits per heavy atom. The molecule has 0 aliphatic carbocycles. The number of carbonyl (C=O) groups excluding carboxylic acids is 1. The number of methoxy groups -OCH3 is 1. The summed E-state index contributed by atoms with van der Waals surface area (Å²) in [6.45, 7) is 9.11. The average molecular weight is 257 g/mol. The fraction of sp³-hybridized carbons (Fsp3) is 0.923. The summed E-state index contributed by atoms with van der Waals surface area (Å²) in [6, 6.07) is 0.0426. The highest BCUT2D eigenvalue weighted by Crippen LogP contribution is 2.36. The van der Waals surface area contributed by atoms with Crippen LogP contribution in [0.25, 0.3) is 0 Å². The first-order chi connectivity index (χ1) is 8.19. The molecule has 5 heteroatoms. The maximum absolute atomic E-state index is 11.7. The van der Waals surface area contributed by atoms with Gasteiger partial charge in [-0.25, -0.2) is 4.79 Å². The van der Waals surface area contributed by atoms with Crippen LogP contribution in [0, 0.1) is 0 Å². The van der Waals surface area contributed by atoms with Crippen LogP contribution in [-0.4, -0.2) is 48.9 Å². The van der Waals surface area contributed by atoms with Gasteiger partial charge in [0.25, 0.3) is 0 Å². The second kappa shape index (κ2) is 5.45. The Bertz CT molecular complexity index is 285. The van der Waals surface area contributed by atoms with Gasteiger partial charge in [-0.2, -0.15) is 0 Å². The first-order valence-electron chi connectivity index (χ1n) is 6.46. The Kier molecular flexibility index (Phi) is 4.61. The summed E-state index contributed by atoms with van der Waals surface area (Å²) in [5, 5.41) is 5.69. The normalized spacial score (nSPS) is 23.7. The van der Waals surface area contributed by atoms with Crippen molar-refractivity contribution in [1.29, 1.82) is 0 Å². The minimum absolute atomic E-state index is 0.0843. The lowest BCUT2D eigenvalue weighted by Gasteiger charge is -2.53. The van der Waals surface area contributed by atoms with E-state index in [2.05, 4.69) is 50.3 Å². The van der Waals surface area contributed by atoms with E-state index >= 15 is 0 Å². The van der Waals surface area contributed by atoms with Crippen molar-refractivity contribution in [3.8, 4) is 0 Å². The molecule has 0 aromatic rings. The fourth-order valence-corrected chi connectivity index (χ4v) is 2.85. The molecule has 1 rings (SSSR count). The van der Waals surface area contributed by atoms with Gasteiger partial charge >= 0.3 is 6.03 Å². The Morgan fingerprint density at radius 3 is 2.22 bits per heavy atom. The van der Waals surface area contributed by atoms with Gasteiger partial charge in [-0.15, -0.1) is 0 Å². The predicted octanol–water partition coefficient (Wildman–Crippen LogP) is 1.54. The Hall–Kier alpha value is -0.810. The summed E-state index contributed by atoms with van der Waals surface area (Å²) in [5.41, 5.74) is 0.169. The van der Waals surface area contributed by atoms with Gasteiger partial charge in [-0.05, 0) is 47.6 Å². The molecule has 0 unspecified atom stereocenters. The third-order valence-electron chi connectivity index (χ3n) is 4.02. The zero-order chi connectivity index (χ0) is 14.0. The third kappa shape index (κ3) is 3.59. The Balaban J connectivity index is 2.61. The van der Waals surface area contributed by atoms with Crippen molar-refractivity contribution in [2.45, 2.75) is 57.7 Å². The molecule has 2 amide bonds. The zero-order valence-electron chi connectivity index (χ0n) is 12.5. The van der Waals surface area contributed by atoms with Crippen LogP contribution in [0.2, 0.25) is 0 Å². The SMILES string of the molecule is COCNC(=O)NC1CC(C)(C)N(C)C(C)(C)C1. The lowest BCUT2D eigenvalue weighted by atomic mass is 9.77. The number of piperidine rings is 1. The molecule has 5 nitrogen and oxygen atoms in total. The molecule has 0 spiro atoms. The second-order valence-electron chi connectivity index (χ2n) is 6.37. The second-order valence-corrected chi connectivity index (χ2v) is 6.37. The van der Waals surface area contributed by atoms with Crippen LogP contribution in [0.3, 0.4) is 0 Å². The van der Waals surface area contributed by atoms with Crippen molar-refractivity contribution in [2.75, 3.05) is 20.9 Å².